The summed E-state index contributed by atoms with van der Waals surface area (Å²) >= 11 is 1.30. The number of hydrogen-bond acceptors (Lipinski definition) is 5. The Bertz CT molecular complexity index is 1550. The Kier molecular flexibility index (Phi) is 8.31. The summed E-state index contributed by atoms with van der Waals surface area (Å²) in [7, 11) is 2.13. The number of hydrogen-bond donors (Lipinski definition) is 1. The fourth-order valence-electron chi connectivity index (χ4n) is 4.39. The molecular formula is C31H27F3N4OS. The van der Waals surface area contributed by atoms with Gasteiger partial charge in [0, 0.05) is 60.4 Å². The van der Waals surface area contributed by atoms with Crippen molar-refractivity contribution in [3.63, 3.8) is 0 Å². The molecule has 5 nitrogen and oxygen atoms in total. The van der Waals surface area contributed by atoms with Crippen molar-refractivity contribution in [2.45, 2.75) is 12.7 Å². The lowest BCUT2D eigenvalue weighted by molar-refractivity contribution is -0.137. The number of likely N-dealkylation sites (N-methyl/N-ethyl adjacent to an activating group) is 1. The Hall–Kier alpha value is -3.97. The molecule has 40 heavy (non-hydrogen) atoms. The van der Waals surface area contributed by atoms with Crippen LogP contribution in [0, 0.1) is 11.8 Å². The quantitative estimate of drug-likeness (QED) is 0.294. The van der Waals surface area contributed by atoms with Crippen molar-refractivity contribution in [2.24, 2.45) is 0 Å². The Balaban J connectivity index is 1.23. The molecule has 4 aromatic rings. The van der Waals surface area contributed by atoms with Gasteiger partial charge in [-0.3, -0.25) is 15.0 Å². The van der Waals surface area contributed by atoms with Crippen molar-refractivity contribution in [3.05, 3.63) is 106 Å². The lowest BCUT2D eigenvalue weighted by atomic mass is 10.1. The van der Waals surface area contributed by atoms with Crippen LogP contribution in [0.1, 0.15) is 32.6 Å². The van der Waals surface area contributed by atoms with Gasteiger partial charge in [-0.2, -0.15) is 13.2 Å². The first-order valence-corrected chi connectivity index (χ1v) is 13.7. The minimum absolute atomic E-state index is 0.0774. The number of amides is 1. The van der Waals surface area contributed by atoms with Gasteiger partial charge >= 0.3 is 6.18 Å². The van der Waals surface area contributed by atoms with Crippen molar-refractivity contribution in [1.82, 2.24) is 14.8 Å². The number of alkyl halides is 3. The molecule has 3 aromatic carbocycles. The third kappa shape index (κ3) is 6.96. The molecule has 0 bridgehead atoms. The van der Waals surface area contributed by atoms with E-state index in [9.17, 15) is 18.0 Å². The summed E-state index contributed by atoms with van der Waals surface area (Å²) in [5, 5.41) is 5.13. The van der Waals surface area contributed by atoms with Gasteiger partial charge in [0.25, 0.3) is 5.91 Å². The molecule has 1 saturated heterocycles. The SMILES string of the molecule is CN1CCN(Cc2ccc(C(=O)Nc3nc(-c4cccc(C#Cc5ccccc5C(F)(F)F)c4)cs3)cc2)CC1. The summed E-state index contributed by atoms with van der Waals surface area (Å²) in [6, 6.07) is 20.0. The predicted molar refractivity (Wildman–Crippen MR) is 152 cm³/mol. The van der Waals surface area contributed by atoms with Gasteiger partial charge in [0.2, 0.25) is 0 Å². The summed E-state index contributed by atoms with van der Waals surface area (Å²) in [6.45, 7) is 5.05. The van der Waals surface area contributed by atoms with Crippen LogP contribution in [-0.4, -0.2) is 53.9 Å². The number of halogens is 3. The molecule has 1 aliphatic rings. The maximum absolute atomic E-state index is 13.3. The van der Waals surface area contributed by atoms with Gasteiger partial charge in [0.15, 0.2) is 5.13 Å². The normalized spacial score (nSPS) is 14.4. The number of aromatic nitrogens is 1. The molecule has 0 spiro atoms. The van der Waals surface area contributed by atoms with Crippen LogP contribution in [0.2, 0.25) is 0 Å². The number of nitrogens with zero attached hydrogens (tertiary/aromatic N) is 3. The van der Waals surface area contributed by atoms with Crippen LogP contribution in [0.4, 0.5) is 18.3 Å². The van der Waals surface area contributed by atoms with Gasteiger partial charge in [-0.1, -0.05) is 48.2 Å². The summed E-state index contributed by atoms with van der Waals surface area (Å²) in [6.07, 6.45) is -4.47. The molecule has 0 unspecified atom stereocenters. The number of anilines is 1. The highest BCUT2D eigenvalue weighted by molar-refractivity contribution is 7.14. The molecule has 1 N–H and O–H groups in total. The number of benzene rings is 3. The van der Waals surface area contributed by atoms with Crippen molar-refractivity contribution in [1.29, 1.82) is 0 Å². The van der Waals surface area contributed by atoms with Gasteiger partial charge in [0.05, 0.1) is 11.3 Å². The van der Waals surface area contributed by atoms with Gasteiger partial charge in [-0.25, -0.2) is 4.98 Å². The van der Waals surface area contributed by atoms with Gasteiger partial charge in [-0.05, 0) is 49.0 Å². The van der Waals surface area contributed by atoms with E-state index in [2.05, 4.69) is 39.0 Å². The maximum atomic E-state index is 13.3. The zero-order valence-electron chi connectivity index (χ0n) is 21.8. The maximum Gasteiger partial charge on any atom is 0.417 e. The molecule has 2 heterocycles. The largest absolute Gasteiger partial charge is 0.417 e. The van der Waals surface area contributed by atoms with Crippen molar-refractivity contribution < 1.29 is 18.0 Å². The fourth-order valence-corrected chi connectivity index (χ4v) is 5.11. The van der Waals surface area contributed by atoms with Crippen LogP contribution < -0.4 is 5.32 Å². The number of rotatable bonds is 5. The van der Waals surface area contributed by atoms with Crippen LogP contribution in [0.5, 0.6) is 0 Å². The molecule has 0 aliphatic carbocycles. The summed E-state index contributed by atoms with van der Waals surface area (Å²) < 4.78 is 39.8. The number of piperazine rings is 1. The molecule has 204 valence electrons. The topological polar surface area (TPSA) is 48.5 Å². The molecule has 0 radical (unpaired) electrons. The highest BCUT2D eigenvalue weighted by atomic mass is 32.1. The molecule has 5 rings (SSSR count). The minimum atomic E-state index is -4.47. The van der Waals surface area contributed by atoms with E-state index in [-0.39, 0.29) is 11.5 Å². The summed E-state index contributed by atoms with van der Waals surface area (Å²) in [5.41, 5.74) is 2.83. The van der Waals surface area contributed by atoms with Crippen LogP contribution in [0.15, 0.2) is 78.2 Å². The average Bonchev–Trinajstić information content (AvgIpc) is 3.42. The third-order valence-electron chi connectivity index (χ3n) is 6.68. The van der Waals surface area contributed by atoms with E-state index in [4.69, 9.17) is 0 Å². The number of carbonyl (C=O) groups excluding carboxylic acids is 1. The fraction of sp³-hybridized carbons (Fsp3) is 0.226. The second kappa shape index (κ2) is 12.0. The van der Waals surface area contributed by atoms with E-state index in [1.807, 2.05) is 35.7 Å². The summed E-state index contributed by atoms with van der Waals surface area (Å²) in [5.74, 6) is 5.23. The number of carbonyl (C=O) groups is 1. The highest BCUT2D eigenvalue weighted by Gasteiger charge is 2.32. The van der Waals surface area contributed by atoms with Crippen LogP contribution in [0.25, 0.3) is 11.3 Å². The van der Waals surface area contributed by atoms with Gasteiger partial charge in [-0.15, -0.1) is 11.3 Å². The van der Waals surface area contributed by atoms with E-state index in [1.54, 1.807) is 18.2 Å². The second-order valence-corrected chi connectivity index (χ2v) is 10.5. The zero-order valence-corrected chi connectivity index (χ0v) is 22.6. The average molecular weight is 561 g/mol. The first kappa shape index (κ1) is 27.6. The van der Waals surface area contributed by atoms with E-state index in [0.29, 0.717) is 22.0 Å². The monoisotopic (exact) mass is 560 g/mol. The molecule has 0 saturated carbocycles. The van der Waals surface area contributed by atoms with E-state index >= 15 is 0 Å². The van der Waals surface area contributed by atoms with Crippen molar-refractivity contribution in [2.75, 3.05) is 38.5 Å². The lowest BCUT2D eigenvalue weighted by Crippen LogP contribution is -2.43. The summed E-state index contributed by atoms with van der Waals surface area (Å²) in [4.78, 5) is 22.1. The molecule has 0 atom stereocenters. The Morgan fingerprint density at radius 2 is 1.73 bits per heavy atom. The van der Waals surface area contributed by atoms with E-state index in [0.717, 1.165) is 44.4 Å². The molecule has 1 aromatic heterocycles. The van der Waals surface area contributed by atoms with Crippen molar-refractivity contribution in [3.8, 4) is 23.1 Å². The zero-order chi connectivity index (χ0) is 28.1. The first-order chi connectivity index (χ1) is 19.2. The molecule has 1 aliphatic heterocycles. The molecule has 1 fully saturated rings. The minimum Gasteiger partial charge on any atom is -0.304 e. The predicted octanol–water partition coefficient (Wildman–Crippen LogP) is 6.23. The number of thiazole rings is 1. The number of nitrogens with one attached hydrogen (secondary N) is 1. The molecule has 1 amide bonds. The Morgan fingerprint density at radius 1 is 0.975 bits per heavy atom. The van der Waals surface area contributed by atoms with Crippen molar-refractivity contribution >= 4 is 22.4 Å². The lowest BCUT2D eigenvalue weighted by Gasteiger charge is -2.32. The standard InChI is InChI=1S/C31H27F3N4OS/c1-37-15-17-38(18-16-37)20-23-10-13-25(14-11-23)29(39)36-30-35-28(21-40-30)26-7-4-5-22(19-26)9-12-24-6-2-3-8-27(24)31(32,33)34/h2-8,10-11,13-14,19,21H,15-18,20H2,1H3,(H,35,36,39). The second-order valence-electron chi connectivity index (χ2n) is 9.64. The van der Waals surface area contributed by atoms with Gasteiger partial charge in [0.1, 0.15) is 0 Å². The van der Waals surface area contributed by atoms with E-state index in [1.165, 1.54) is 35.1 Å². The Morgan fingerprint density at radius 3 is 2.48 bits per heavy atom. The Labute approximate surface area is 235 Å². The molecular weight excluding hydrogens is 533 g/mol. The van der Waals surface area contributed by atoms with Gasteiger partial charge < -0.3 is 4.90 Å². The smallest absolute Gasteiger partial charge is 0.304 e. The third-order valence-corrected chi connectivity index (χ3v) is 7.43. The highest BCUT2D eigenvalue weighted by Crippen LogP contribution is 2.31. The van der Waals surface area contributed by atoms with Crippen LogP contribution >= 0.6 is 11.3 Å². The van der Waals surface area contributed by atoms with Crippen LogP contribution in [0.3, 0.4) is 0 Å². The van der Waals surface area contributed by atoms with Crippen LogP contribution in [-0.2, 0) is 12.7 Å². The van der Waals surface area contributed by atoms with E-state index < -0.39 is 11.7 Å². The first-order valence-electron chi connectivity index (χ1n) is 12.8. The molecule has 9 heteroatoms.